The van der Waals surface area contributed by atoms with E-state index in [9.17, 15) is 0 Å². The highest BCUT2D eigenvalue weighted by atomic mass is 35.5. The zero-order valence-corrected chi connectivity index (χ0v) is 14.3. The summed E-state index contributed by atoms with van der Waals surface area (Å²) in [6.45, 7) is 6.39. The molecule has 2 nitrogen and oxygen atoms in total. The standard InChI is InChI=1S/C16H26ClNOS/c1-4-9-18-16(13(2)8-10-19-3)12-20-15-7-5-6-14(17)11-15/h5-7,11,13,16,18H,4,8-10,12H2,1-3H3. The van der Waals surface area contributed by atoms with Crippen LogP contribution in [0, 0.1) is 5.92 Å². The molecule has 0 spiro atoms. The highest BCUT2D eigenvalue weighted by Gasteiger charge is 2.16. The Morgan fingerprint density at radius 1 is 1.40 bits per heavy atom. The van der Waals surface area contributed by atoms with E-state index < -0.39 is 0 Å². The van der Waals surface area contributed by atoms with Gasteiger partial charge in [0.05, 0.1) is 0 Å². The normalized spacial score (nSPS) is 14.2. The summed E-state index contributed by atoms with van der Waals surface area (Å²) in [5, 5.41) is 4.46. The van der Waals surface area contributed by atoms with Crippen molar-refractivity contribution in [3.63, 3.8) is 0 Å². The van der Waals surface area contributed by atoms with E-state index in [1.807, 2.05) is 30.0 Å². The van der Waals surface area contributed by atoms with Gasteiger partial charge in [0.15, 0.2) is 0 Å². The number of hydrogen-bond donors (Lipinski definition) is 1. The molecule has 0 aromatic heterocycles. The molecular formula is C16H26ClNOS. The molecule has 2 atom stereocenters. The van der Waals surface area contributed by atoms with E-state index in [0.29, 0.717) is 12.0 Å². The van der Waals surface area contributed by atoms with Crippen molar-refractivity contribution in [1.29, 1.82) is 0 Å². The maximum absolute atomic E-state index is 6.03. The quantitative estimate of drug-likeness (QED) is 0.644. The molecule has 1 aromatic rings. The molecule has 2 unspecified atom stereocenters. The Morgan fingerprint density at radius 2 is 2.20 bits per heavy atom. The number of rotatable bonds is 10. The number of thioether (sulfide) groups is 1. The molecule has 1 N–H and O–H groups in total. The molecule has 114 valence electrons. The maximum atomic E-state index is 6.03. The Morgan fingerprint density at radius 3 is 2.85 bits per heavy atom. The number of halogens is 1. The number of nitrogens with one attached hydrogen (secondary N) is 1. The van der Waals surface area contributed by atoms with Crippen LogP contribution >= 0.6 is 23.4 Å². The SMILES string of the molecule is CCCNC(CSc1cccc(Cl)c1)C(C)CCOC. The second-order valence-electron chi connectivity index (χ2n) is 5.09. The molecule has 4 heteroatoms. The summed E-state index contributed by atoms with van der Waals surface area (Å²) in [4.78, 5) is 1.24. The second-order valence-corrected chi connectivity index (χ2v) is 6.62. The summed E-state index contributed by atoms with van der Waals surface area (Å²) in [7, 11) is 1.77. The molecule has 0 aliphatic carbocycles. The van der Waals surface area contributed by atoms with Gasteiger partial charge in [-0.1, -0.05) is 31.5 Å². The fourth-order valence-corrected chi connectivity index (χ4v) is 3.46. The highest BCUT2D eigenvalue weighted by molar-refractivity contribution is 7.99. The molecule has 0 aliphatic heterocycles. The Hall–Kier alpha value is -0.220. The Balaban J connectivity index is 2.50. The molecule has 0 bridgehead atoms. The van der Waals surface area contributed by atoms with Gasteiger partial charge in [-0.3, -0.25) is 0 Å². The molecule has 0 amide bonds. The average Bonchev–Trinajstić information content (AvgIpc) is 2.45. The van der Waals surface area contributed by atoms with Crippen LogP contribution in [-0.2, 0) is 4.74 Å². The predicted molar refractivity (Wildman–Crippen MR) is 89.9 cm³/mol. The minimum atomic E-state index is 0.508. The van der Waals surface area contributed by atoms with Crippen molar-refractivity contribution in [3.8, 4) is 0 Å². The summed E-state index contributed by atoms with van der Waals surface area (Å²) in [6.07, 6.45) is 2.25. The van der Waals surface area contributed by atoms with E-state index in [-0.39, 0.29) is 0 Å². The van der Waals surface area contributed by atoms with Crippen molar-refractivity contribution >= 4 is 23.4 Å². The second kappa shape index (κ2) is 10.5. The van der Waals surface area contributed by atoms with E-state index >= 15 is 0 Å². The van der Waals surface area contributed by atoms with Crippen molar-refractivity contribution in [1.82, 2.24) is 5.32 Å². The number of benzene rings is 1. The maximum Gasteiger partial charge on any atom is 0.0465 e. The molecule has 1 aromatic carbocycles. The third-order valence-electron chi connectivity index (χ3n) is 3.35. The van der Waals surface area contributed by atoms with Crippen LogP contribution in [0.1, 0.15) is 26.7 Å². The third kappa shape index (κ3) is 6.98. The lowest BCUT2D eigenvalue weighted by atomic mass is 10.00. The fraction of sp³-hybridized carbons (Fsp3) is 0.625. The minimum Gasteiger partial charge on any atom is -0.385 e. The van der Waals surface area contributed by atoms with Gasteiger partial charge >= 0.3 is 0 Å². The first-order valence-electron chi connectivity index (χ1n) is 7.28. The smallest absolute Gasteiger partial charge is 0.0465 e. The third-order valence-corrected chi connectivity index (χ3v) is 4.69. The van der Waals surface area contributed by atoms with Crippen LogP contribution in [0.15, 0.2) is 29.2 Å². The van der Waals surface area contributed by atoms with Gasteiger partial charge in [-0.25, -0.2) is 0 Å². The molecule has 0 saturated carbocycles. The summed E-state index contributed by atoms with van der Waals surface area (Å²) in [5.74, 6) is 1.67. The lowest BCUT2D eigenvalue weighted by Gasteiger charge is -2.25. The Kier molecular flexibility index (Phi) is 9.36. The molecule has 1 rings (SSSR count). The van der Waals surface area contributed by atoms with Crippen molar-refractivity contribution in [2.45, 2.75) is 37.6 Å². The van der Waals surface area contributed by atoms with E-state index in [1.165, 1.54) is 4.90 Å². The lowest BCUT2D eigenvalue weighted by Crippen LogP contribution is -2.38. The number of methoxy groups -OCH3 is 1. The van der Waals surface area contributed by atoms with Crippen molar-refractivity contribution in [2.75, 3.05) is 26.0 Å². The molecular weight excluding hydrogens is 290 g/mol. The summed E-state index contributed by atoms with van der Waals surface area (Å²) in [6, 6.07) is 8.58. The van der Waals surface area contributed by atoms with Crippen LogP contribution in [0.25, 0.3) is 0 Å². The first-order valence-corrected chi connectivity index (χ1v) is 8.64. The van der Waals surface area contributed by atoms with Crippen LogP contribution in [0.4, 0.5) is 0 Å². The summed E-state index contributed by atoms with van der Waals surface area (Å²) >= 11 is 7.90. The fourth-order valence-electron chi connectivity index (χ4n) is 2.00. The zero-order chi connectivity index (χ0) is 14.8. The van der Waals surface area contributed by atoms with E-state index in [0.717, 1.165) is 36.8 Å². The summed E-state index contributed by atoms with van der Waals surface area (Å²) < 4.78 is 5.19. The van der Waals surface area contributed by atoms with Crippen LogP contribution in [0.2, 0.25) is 5.02 Å². The largest absolute Gasteiger partial charge is 0.385 e. The first-order chi connectivity index (χ1) is 9.67. The van der Waals surface area contributed by atoms with E-state index in [1.54, 1.807) is 7.11 Å². The van der Waals surface area contributed by atoms with E-state index in [4.69, 9.17) is 16.3 Å². The molecule has 0 heterocycles. The summed E-state index contributed by atoms with van der Waals surface area (Å²) in [5.41, 5.74) is 0. The van der Waals surface area contributed by atoms with Gasteiger partial charge in [-0.15, -0.1) is 11.8 Å². The van der Waals surface area contributed by atoms with Gasteiger partial charge in [-0.2, -0.15) is 0 Å². The van der Waals surface area contributed by atoms with Gasteiger partial charge < -0.3 is 10.1 Å². The molecule has 0 fully saturated rings. The van der Waals surface area contributed by atoms with Crippen LogP contribution in [0.5, 0.6) is 0 Å². The van der Waals surface area contributed by atoms with Gasteiger partial charge in [0.2, 0.25) is 0 Å². The van der Waals surface area contributed by atoms with Crippen LogP contribution in [-0.4, -0.2) is 32.1 Å². The van der Waals surface area contributed by atoms with Gasteiger partial charge in [-0.05, 0) is 43.5 Å². The zero-order valence-electron chi connectivity index (χ0n) is 12.7. The number of ether oxygens (including phenoxy) is 1. The Labute approximate surface area is 132 Å². The molecule has 0 aliphatic rings. The average molecular weight is 316 g/mol. The van der Waals surface area contributed by atoms with Gasteiger partial charge in [0.1, 0.15) is 0 Å². The van der Waals surface area contributed by atoms with Crippen molar-refractivity contribution < 1.29 is 4.74 Å². The predicted octanol–water partition coefficient (Wildman–Crippen LogP) is 4.47. The van der Waals surface area contributed by atoms with Crippen molar-refractivity contribution in [3.05, 3.63) is 29.3 Å². The first kappa shape index (κ1) is 17.8. The molecule has 20 heavy (non-hydrogen) atoms. The van der Waals surface area contributed by atoms with Crippen LogP contribution < -0.4 is 5.32 Å². The number of hydrogen-bond acceptors (Lipinski definition) is 3. The van der Waals surface area contributed by atoms with E-state index in [2.05, 4.69) is 25.2 Å². The lowest BCUT2D eigenvalue weighted by molar-refractivity contribution is 0.172. The molecule has 0 radical (unpaired) electrons. The Bertz CT molecular complexity index is 375. The highest BCUT2D eigenvalue weighted by Crippen LogP contribution is 2.24. The van der Waals surface area contributed by atoms with Gasteiger partial charge in [0, 0.05) is 35.4 Å². The van der Waals surface area contributed by atoms with Crippen LogP contribution in [0.3, 0.4) is 0 Å². The molecule has 0 saturated heterocycles. The monoisotopic (exact) mass is 315 g/mol. The van der Waals surface area contributed by atoms with Crippen molar-refractivity contribution in [2.24, 2.45) is 5.92 Å². The van der Waals surface area contributed by atoms with Gasteiger partial charge in [0.25, 0.3) is 0 Å². The topological polar surface area (TPSA) is 21.3 Å². The minimum absolute atomic E-state index is 0.508.